The molecular weight excluding hydrogens is 316 g/mol. The maximum absolute atomic E-state index is 6.23. The summed E-state index contributed by atoms with van der Waals surface area (Å²) < 4.78 is 6.90. The van der Waals surface area contributed by atoms with Gasteiger partial charge in [0.1, 0.15) is 0 Å². The third kappa shape index (κ3) is 2.76. The van der Waals surface area contributed by atoms with Crippen LogP contribution in [0.25, 0.3) is 28.7 Å². The lowest BCUT2D eigenvalue weighted by atomic mass is 10.1. The molecule has 0 atom stereocenters. The van der Waals surface area contributed by atoms with Crippen LogP contribution in [0.15, 0.2) is 53.1 Å². The van der Waals surface area contributed by atoms with Crippen molar-refractivity contribution in [1.82, 2.24) is 25.1 Å². The summed E-state index contributed by atoms with van der Waals surface area (Å²) >= 11 is 0. The fourth-order valence-corrected chi connectivity index (χ4v) is 2.73. The lowest BCUT2D eigenvalue weighted by molar-refractivity contribution is 0.431. The summed E-state index contributed by atoms with van der Waals surface area (Å²) in [5, 5.41) is 12.3. The molecule has 0 aliphatic heterocycles. The topological polar surface area (TPSA) is 95.6 Å². The van der Waals surface area contributed by atoms with E-state index in [4.69, 9.17) is 10.3 Å². The van der Waals surface area contributed by atoms with Gasteiger partial charge in [-0.3, -0.25) is 0 Å². The SMILES string of the molecule is Cc1cc(C)cc(-n2nnc(-c3nc(-c4ccccc4)no3)c2N)c1. The molecule has 0 bridgehead atoms. The summed E-state index contributed by atoms with van der Waals surface area (Å²) in [6.45, 7) is 4.04. The molecule has 2 heterocycles. The van der Waals surface area contributed by atoms with Crippen molar-refractivity contribution in [3.63, 3.8) is 0 Å². The van der Waals surface area contributed by atoms with Gasteiger partial charge in [-0.1, -0.05) is 46.8 Å². The predicted octanol–water partition coefficient (Wildman–Crippen LogP) is 3.18. The van der Waals surface area contributed by atoms with Crippen molar-refractivity contribution in [2.75, 3.05) is 5.73 Å². The highest BCUT2D eigenvalue weighted by Gasteiger charge is 2.19. The number of anilines is 1. The Hall–Kier alpha value is -3.48. The second kappa shape index (κ2) is 5.86. The maximum Gasteiger partial charge on any atom is 0.282 e. The smallest absolute Gasteiger partial charge is 0.282 e. The van der Waals surface area contributed by atoms with Crippen molar-refractivity contribution in [2.24, 2.45) is 0 Å². The molecule has 0 aliphatic carbocycles. The number of nitrogen functional groups attached to an aromatic ring is 1. The minimum absolute atomic E-state index is 0.243. The minimum Gasteiger partial charge on any atom is -0.382 e. The summed E-state index contributed by atoms with van der Waals surface area (Å²) in [5.41, 5.74) is 10.5. The van der Waals surface area contributed by atoms with Crippen LogP contribution in [-0.2, 0) is 0 Å². The average molecular weight is 332 g/mol. The average Bonchev–Trinajstić information content (AvgIpc) is 3.21. The highest BCUT2D eigenvalue weighted by atomic mass is 16.5. The molecule has 25 heavy (non-hydrogen) atoms. The first kappa shape index (κ1) is 15.1. The molecule has 7 heteroatoms. The lowest BCUT2D eigenvalue weighted by Gasteiger charge is -2.05. The van der Waals surface area contributed by atoms with Gasteiger partial charge in [-0.2, -0.15) is 9.67 Å². The van der Waals surface area contributed by atoms with E-state index >= 15 is 0 Å². The van der Waals surface area contributed by atoms with Crippen LogP contribution in [0, 0.1) is 13.8 Å². The van der Waals surface area contributed by atoms with Crippen molar-refractivity contribution in [3.8, 4) is 28.7 Å². The molecule has 0 aliphatic rings. The fraction of sp³-hybridized carbons (Fsp3) is 0.111. The molecule has 0 saturated carbocycles. The Labute approximate surface area is 144 Å². The highest BCUT2D eigenvalue weighted by Crippen LogP contribution is 2.26. The van der Waals surface area contributed by atoms with E-state index in [1.807, 2.05) is 56.3 Å². The Kier molecular flexibility index (Phi) is 3.53. The van der Waals surface area contributed by atoms with E-state index in [2.05, 4.69) is 26.5 Å². The van der Waals surface area contributed by atoms with Crippen LogP contribution in [0.5, 0.6) is 0 Å². The minimum atomic E-state index is 0.243. The second-order valence-corrected chi connectivity index (χ2v) is 5.87. The number of hydrogen-bond acceptors (Lipinski definition) is 6. The Morgan fingerprint density at radius 3 is 2.44 bits per heavy atom. The van der Waals surface area contributed by atoms with Gasteiger partial charge in [-0.15, -0.1) is 5.10 Å². The van der Waals surface area contributed by atoms with Crippen molar-refractivity contribution in [3.05, 3.63) is 59.7 Å². The monoisotopic (exact) mass is 332 g/mol. The number of aryl methyl sites for hydroxylation is 2. The van der Waals surface area contributed by atoms with Gasteiger partial charge in [-0.25, -0.2) is 0 Å². The van der Waals surface area contributed by atoms with E-state index < -0.39 is 0 Å². The zero-order chi connectivity index (χ0) is 17.4. The first-order chi connectivity index (χ1) is 12.1. The van der Waals surface area contributed by atoms with Crippen LogP contribution in [0.3, 0.4) is 0 Å². The first-order valence-electron chi connectivity index (χ1n) is 7.81. The Balaban J connectivity index is 1.73. The van der Waals surface area contributed by atoms with Gasteiger partial charge in [0.2, 0.25) is 5.82 Å². The van der Waals surface area contributed by atoms with Crippen LogP contribution in [0.4, 0.5) is 5.82 Å². The summed E-state index contributed by atoms with van der Waals surface area (Å²) in [4.78, 5) is 4.38. The van der Waals surface area contributed by atoms with E-state index in [0.29, 0.717) is 17.3 Å². The number of aromatic nitrogens is 5. The van der Waals surface area contributed by atoms with Crippen molar-refractivity contribution >= 4 is 5.82 Å². The number of hydrogen-bond donors (Lipinski definition) is 1. The number of nitrogens with two attached hydrogens (primary N) is 1. The molecule has 0 radical (unpaired) electrons. The van der Waals surface area contributed by atoms with Gasteiger partial charge >= 0.3 is 0 Å². The summed E-state index contributed by atoms with van der Waals surface area (Å²) in [6, 6.07) is 15.6. The Morgan fingerprint density at radius 2 is 1.72 bits per heavy atom. The molecular formula is C18H16N6O. The van der Waals surface area contributed by atoms with E-state index in [-0.39, 0.29) is 5.89 Å². The van der Waals surface area contributed by atoms with Crippen LogP contribution in [0.1, 0.15) is 11.1 Å². The van der Waals surface area contributed by atoms with Crippen molar-refractivity contribution < 1.29 is 4.52 Å². The quantitative estimate of drug-likeness (QED) is 0.619. The maximum atomic E-state index is 6.23. The molecule has 2 aromatic heterocycles. The lowest BCUT2D eigenvalue weighted by Crippen LogP contribution is -2.03. The van der Waals surface area contributed by atoms with Crippen LogP contribution in [-0.4, -0.2) is 25.1 Å². The van der Waals surface area contributed by atoms with Gasteiger partial charge in [0, 0.05) is 5.56 Å². The number of benzene rings is 2. The largest absolute Gasteiger partial charge is 0.382 e. The normalized spacial score (nSPS) is 11.0. The van der Waals surface area contributed by atoms with Crippen LogP contribution in [0.2, 0.25) is 0 Å². The van der Waals surface area contributed by atoms with Crippen LogP contribution < -0.4 is 5.73 Å². The molecule has 7 nitrogen and oxygen atoms in total. The van der Waals surface area contributed by atoms with E-state index in [0.717, 1.165) is 22.4 Å². The van der Waals surface area contributed by atoms with Gasteiger partial charge < -0.3 is 10.3 Å². The third-order valence-corrected chi connectivity index (χ3v) is 3.82. The van der Waals surface area contributed by atoms with Crippen LogP contribution >= 0.6 is 0 Å². The Morgan fingerprint density at radius 1 is 1.00 bits per heavy atom. The molecule has 2 aromatic carbocycles. The Bertz CT molecular complexity index is 1010. The molecule has 2 N–H and O–H groups in total. The second-order valence-electron chi connectivity index (χ2n) is 5.87. The zero-order valence-corrected chi connectivity index (χ0v) is 13.8. The third-order valence-electron chi connectivity index (χ3n) is 3.82. The van der Waals surface area contributed by atoms with E-state index in [1.165, 1.54) is 0 Å². The molecule has 0 fully saturated rings. The summed E-state index contributed by atoms with van der Waals surface area (Å²) in [6.07, 6.45) is 0. The molecule has 4 rings (SSSR count). The van der Waals surface area contributed by atoms with Gasteiger partial charge in [0.15, 0.2) is 11.5 Å². The zero-order valence-electron chi connectivity index (χ0n) is 13.8. The standard InChI is InChI=1S/C18H16N6O/c1-11-8-12(2)10-14(9-11)24-16(19)15(21-23-24)18-20-17(22-25-18)13-6-4-3-5-7-13/h3-10H,19H2,1-2H3. The summed E-state index contributed by atoms with van der Waals surface area (Å²) in [7, 11) is 0. The van der Waals surface area contributed by atoms with Gasteiger partial charge in [0.05, 0.1) is 5.69 Å². The highest BCUT2D eigenvalue weighted by molar-refractivity contribution is 5.66. The van der Waals surface area contributed by atoms with E-state index in [1.54, 1.807) is 4.68 Å². The fourth-order valence-electron chi connectivity index (χ4n) is 2.73. The van der Waals surface area contributed by atoms with Crippen molar-refractivity contribution in [2.45, 2.75) is 13.8 Å². The van der Waals surface area contributed by atoms with Crippen molar-refractivity contribution in [1.29, 1.82) is 0 Å². The molecule has 124 valence electrons. The number of rotatable bonds is 3. The first-order valence-corrected chi connectivity index (χ1v) is 7.81. The van der Waals surface area contributed by atoms with Gasteiger partial charge in [0.25, 0.3) is 5.89 Å². The summed E-state index contributed by atoms with van der Waals surface area (Å²) in [5.74, 6) is 1.08. The molecule has 0 saturated heterocycles. The van der Waals surface area contributed by atoms with Gasteiger partial charge in [-0.05, 0) is 37.1 Å². The molecule has 0 amide bonds. The molecule has 0 spiro atoms. The number of nitrogens with zero attached hydrogens (tertiary/aromatic N) is 5. The molecule has 4 aromatic rings. The molecule has 0 unspecified atom stereocenters. The predicted molar refractivity (Wildman–Crippen MR) is 94.0 cm³/mol. The van der Waals surface area contributed by atoms with E-state index in [9.17, 15) is 0 Å².